The highest BCUT2D eigenvalue weighted by molar-refractivity contribution is 6.30. The molecule has 40 heavy (non-hydrogen) atoms. The number of methoxy groups -OCH3 is 1. The molecule has 0 saturated heterocycles. The molecule has 3 atom stereocenters. The van der Waals surface area contributed by atoms with Crippen LogP contribution in [0.2, 0.25) is 10.0 Å². The van der Waals surface area contributed by atoms with Gasteiger partial charge in [0.2, 0.25) is 6.23 Å². The first-order valence-corrected chi connectivity index (χ1v) is 13.7. The zero-order chi connectivity index (χ0) is 28.4. The van der Waals surface area contributed by atoms with Crippen LogP contribution >= 0.6 is 23.2 Å². The monoisotopic (exact) mass is 579 g/mol. The Hall–Kier alpha value is -3.45. The first-order valence-electron chi connectivity index (χ1n) is 12.9. The van der Waals surface area contributed by atoms with E-state index in [0.29, 0.717) is 40.6 Å². The lowest BCUT2D eigenvalue weighted by Gasteiger charge is -2.43. The fourth-order valence-corrected chi connectivity index (χ4v) is 4.91. The van der Waals surface area contributed by atoms with Crippen LogP contribution in [-0.4, -0.2) is 39.5 Å². The maximum absolute atomic E-state index is 12.6. The Bertz CT molecular complexity index is 1380. The van der Waals surface area contributed by atoms with Gasteiger partial charge in [-0.25, -0.2) is 14.5 Å². The zero-order valence-electron chi connectivity index (χ0n) is 22.4. The Morgan fingerprint density at radius 3 is 2.23 bits per heavy atom. The first-order chi connectivity index (χ1) is 19.5. The van der Waals surface area contributed by atoms with Gasteiger partial charge in [-0.3, -0.25) is 0 Å². The number of carbonyl (C=O) groups excluding carboxylic acids is 1. The van der Waals surface area contributed by atoms with E-state index in [1.165, 1.54) is 6.33 Å². The molecule has 9 heteroatoms. The average Bonchev–Trinajstić information content (AvgIpc) is 3.52. The summed E-state index contributed by atoms with van der Waals surface area (Å²) in [5.41, 5.74) is 1.01. The first kappa shape index (κ1) is 29.5. The largest absolute Gasteiger partial charge is 0.466 e. The van der Waals surface area contributed by atoms with E-state index in [9.17, 15) is 4.79 Å². The van der Waals surface area contributed by atoms with Gasteiger partial charge in [0.25, 0.3) is 0 Å². The van der Waals surface area contributed by atoms with Crippen molar-refractivity contribution in [1.82, 2.24) is 14.8 Å². The van der Waals surface area contributed by atoms with Gasteiger partial charge in [-0.1, -0.05) is 79.0 Å². The number of halogens is 2. The molecule has 3 aromatic carbocycles. The molecule has 1 heterocycles. The number of benzene rings is 3. The molecule has 0 spiro atoms. The Labute approximate surface area is 244 Å². The van der Waals surface area contributed by atoms with E-state index in [4.69, 9.17) is 37.4 Å². The number of hydrogen-bond donors (Lipinski definition) is 0. The minimum Gasteiger partial charge on any atom is -0.466 e. The third kappa shape index (κ3) is 7.19. The quantitative estimate of drug-likeness (QED) is 0.151. The van der Waals surface area contributed by atoms with E-state index >= 15 is 0 Å². The van der Waals surface area contributed by atoms with E-state index in [-0.39, 0.29) is 6.61 Å². The van der Waals surface area contributed by atoms with E-state index < -0.39 is 17.9 Å². The SMILES string of the molecule is CCCC(=C=O)C(Cc1ccccc1)(OC)C(OCc1ccc(Cl)cc1)C(Oc1ccc(Cl)cc1)n1cncn1. The Morgan fingerprint density at radius 1 is 0.975 bits per heavy atom. The molecule has 0 aliphatic heterocycles. The van der Waals surface area contributed by atoms with Gasteiger partial charge < -0.3 is 14.2 Å². The fourth-order valence-electron chi connectivity index (χ4n) is 4.66. The number of aromatic nitrogens is 3. The van der Waals surface area contributed by atoms with Crippen LogP contribution in [0, 0.1) is 0 Å². The van der Waals surface area contributed by atoms with Crippen molar-refractivity contribution >= 4 is 29.1 Å². The second-order valence-electron chi connectivity index (χ2n) is 9.28. The van der Waals surface area contributed by atoms with Crippen molar-refractivity contribution in [2.45, 2.75) is 50.7 Å². The lowest BCUT2D eigenvalue weighted by atomic mass is 9.79. The zero-order valence-corrected chi connectivity index (χ0v) is 23.9. The van der Waals surface area contributed by atoms with Crippen LogP contribution in [0.5, 0.6) is 5.75 Å². The molecule has 3 unspecified atom stereocenters. The van der Waals surface area contributed by atoms with Gasteiger partial charge in [0.05, 0.1) is 6.61 Å². The Balaban J connectivity index is 1.87. The summed E-state index contributed by atoms with van der Waals surface area (Å²) < 4.78 is 21.1. The van der Waals surface area contributed by atoms with Crippen molar-refractivity contribution in [2.24, 2.45) is 0 Å². The van der Waals surface area contributed by atoms with Crippen LogP contribution in [0.1, 0.15) is 37.1 Å². The van der Waals surface area contributed by atoms with Gasteiger partial charge in [0.15, 0.2) is 0 Å². The smallest absolute Gasteiger partial charge is 0.222 e. The molecule has 1 aromatic heterocycles. The molecular weight excluding hydrogens is 549 g/mol. The third-order valence-corrected chi connectivity index (χ3v) is 7.14. The van der Waals surface area contributed by atoms with E-state index in [0.717, 1.165) is 11.1 Å². The molecule has 4 aromatic rings. The highest BCUT2D eigenvalue weighted by Crippen LogP contribution is 2.39. The van der Waals surface area contributed by atoms with Crippen molar-refractivity contribution < 1.29 is 19.0 Å². The number of nitrogens with zero attached hydrogens (tertiary/aromatic N) is 3. The second kappa shape index (κ2) is 14.3. The molecule has 4 rings (SSSR count). The van der Waals surface area contributed by atoms with Gasteiger partial charge in [-0.2, -0.15) is 5.10 Å². The topological polar surface area (TPSA) is 75.5 Å². The van der Waals surface area contributed by atoms with Crippen LogP contribution in [0.15, 0.2) is 97.1 Å². The van der Waals surface area contributed by atoms with E-state index in [2.05, 4.69) is 16.0 Å². The number of ether oxygens (including phenoxy) is 3. The summed E-state index contributed by atoms with van der Waals surface area (Å²) in [4.78, 5) is 16.8. The van der Waals surface area contributed by atoms with Crippen LogP contribution in [0.25, 0.3) is 0 Å². The molecular formula is C31H31Cl2N3O4. The van der Waals surface area contributed by atoms with Crippen molar-refractivity contribution in [3.05, 3.63) is 118 Å². The average molecular weight is 581 g/mol. The second-order valence-corrected chi connectivity index (χ2v) is 10.2. The molecule has 208 valence electrons. The summed E-state index contributed by atoms with van der Waals surface area (Å²) in [5, 5.41) is 5.59. The minimum absolute atomic E-state index is 0.190. The van der Waals surface area contributed by atoms with E-state index in [1.54, 1.807) is 54.5 Å². The van der Waals surface area contributed by atoms with Gasteiger partial charge >= 0.3 is 0 Å². The Kier molecular flexibility index (Phi) is 10.5. The molecule has 0 N–H and O–H groups in total. The van der Waals surface area contributed by atoms with Crippen molar-refractivity contribution in [3.8, 4) is 5.75 Å². The highest BCUT2D eigenvalue weighted by Gasteiger charge is 2.50. The fraction of sp³-hybridized carbons (Fsp3) is 0.290. The third-order valence-electron chi connectivity index (χ3n) is 6.64. The van der Waals surface area contributed by atoms with Crippen LogP contribution < -0.4 is 4.74 Å². The summed E-state index contributed by atoms with van der Waals surface area (Å²) in [5.74, 6) is 2.73. The lowest BCUT2D eigenvalue weighted by molar-refractivity contribution is -0.172. The molecule has 0 fully saturated rings. The number of hydrogen-bond acceptors (Lipinski definition) is 6. The molecule has 0 aliphatic rings. The van der Waals surface area contributed by atoms with Crippen LogP contribution in [0.4, 0.5) is 0 Å². The highest BCUT2D eigenvalue weighted by atomic mass is 35.5. The predicted molar refractivity (Wildman–Crippen MR) is 155 cm³/mol. The van der Waals surface area contributed by atoms with Gasteiger partial charge in [-0.05, 0) is 53.9 Å². The molecule has 0 aliphatic carbocycles. The van der Waals surface area contributed by atoms with Crippen molar-refractivity contribution in [1.29, 1.82) is 0 Å². The molecule has 0 amide bonds. The van der Waals surface area contributed by atoms with Crippen LogP contribution in [-0.2, 0) is 27.3 Å². The molecule has 0 radical (unpaired) electrons. The summed E-state index contributed by atoms with van der Waals surface area (Å²) in [7, 11) is 1.58. The normalized spacial score (nSPS) is 14.1. The molecule has 0 saturated carbocycles. The maximum atomic E-state index is 12.6. The standard InChI is InChI=1S/C31H31Cl2N3O4/c1-3-7-25(19-37)31(38-2,18-23-8-5-4-6-9-23)29(39-20-24-10-12-26(32)13-11-24)30(36-22-34-21-35-36)40-28-16-14-27(33)15-17-28/h4-6,8-17,21-22,29-30H,3,7,18,20H2,1-2H3. The van der Waals surface area contributed by atoms with Gasteiger partial charge in [0, 0.05) is 29.1 Å². The van der Waals surface area contributed by atoms with E-state index in [1.807, 2.05) is 49.4 Å². The maximum Gasteiger partial charge on any atom is 0.222 e. The lowest BCUT2D eigenvalue weighted by Crippen LogP contribution is -2.54. The van der Waals surface area contributed by atoms with Gasteiger partial charge in [-0.15, -0.1) is 0 Å². The summed E-state index contributed by atoms with van der Waals surface area (Å²) in [6.07, 6.45) is 2.69. The molecule has 7 nitrogen and oxygen atoms in total. The van der Waals surface area contributed by atoms with Crippen molar-refractivity contribution in [3.63, 3.8) is 0 Å². The number of rotatable bonds is 14. The predicted octanol–water partition coefficient (Wildman–Crippen LogP) is 6.93. The Morgan fingerprint density at radius 2 is 1.65 bits per heavy atom. The summed E-state index contributed by atoms with van der Waals surface area (Å²) in [6, 6.07) is 24.2. The molecule has 0 bridgehead atoms. The summed E-state index contributed by atoms with van der Waals surface area (Å²) >= 11 is 12.3. The minimum atomic E-state index is -1.27. The van der Waals surface area contributed by atoms with Crippen LogP contribution in [0.3, 0.4) is 0 Å². The van der Waals surface area contributed by atoms with Gasteiger partial charge in [0.1, 0.15) is 36.1 Å². The summed E-state index contributed by atoms with van der Waals surface area (Å²) in [6.45, 7) is 2.19. The van der Waals surface area contributed by atoms with Crippen molar-refractivity contribution in [2.75, 3.05) is 7.11 Å².